The highest BCUT2D eigenvalue weighted by Gasteiger charge is 2.40. The van der Waals surface area contributed by atoms with Crippen molar-refractivity contribution in [1.29, 1.82) is 0 Å². The largest absolute Gasteiger partial charge is 0.396 e. The zero-order valence-electron chi connectivity index (χ0n) is 10.1. The van der Waals surface area contributed by atoms with E-state index in [4.69, 9.17) is 10.5 Å². The Bertz CT molecular complexity index is 417. The molecule has 3 N–H and O–H groups in total. The summed E-state index contributed by atoms with van der Waals surface area (Å²) >= 11 is 0. The molecule has 0 bridgehead atoms. The Balaban J connectivity index is 1.72. The first-order valence-corrected chi connectivity index (χ1v) is 6.34. The highest BCUT2D eigenvalue weighted by atomic mass is 16.5. The summed E-state index contributed by atoms with van der Waals surface area (Å²) in [6.45, 7) is 2.85. The van der Waals surface area contributed by atoms with Crippen molar-refractivity contribution >= 4 is 11.5 Å². The maximum atomic E-state index is 5.97. The number of nitrogens with two attached hydrogens (primary N) is 1. The van der Waals surface area contributed by atoms with Crippen LogP contribution in [0.25, 0.3) is 0 Å². The second kappa shape index (κ2) is 4.18. The van der Waals surface area contributed by atoms with Gasteiger partial charge in [-0.2, -0.15) is 0 Å². The lowest BCUT2D eigenvalue weighted by Gasteiger charge is -2.20. The van der Waals surface area contributed by atoms with E-state index in [1.165, 1.54) is 12.8 Å². The lowest BCUT2D eigenvalue weighted by Crippen LogP contribution is -2.31. The summed E-state index contributed by atoms with van der Waals surface area (Å²) < 4.78 is 5.79. The Kier molecular flexibility index (Phi) is 2.67. The normalized spacial score (nSPS) is 28.3. The van der Waals surface area contributed by atoms with Crippen LogP contribution in [0.4, 0.5) is 11.5 Å². The number of rotatable bonds is 3. The Morgan fingerprint density at radius 2 is 2.24 bits per heavy atom. The molecule has 2 heterocycles. The van der Waals surface area contributed by atoms with Crippen LogP contribution in [0.1, 0.15) is 24.8 Å². The van der Waals surface area contributed by atoms with Gasteiger partial charge >= 0.3 is 0 Å². The number of aryl methyl sites for hydroxylation is 1. The van der Waals surface area contributed by atoms with Crippen LogP contribution < -0.4 is 11.1 Å². The Morgan fingerprint density at radius 1 is 1.41 bits per heavy atom. The van der Waals surface area contributed by atoms with Gasteiger partial charge in [0.25, 0.3) is 0 Å². The number of hydrogen-bond donors (Lipinski definition) is 2. The predicted octanol–water partition coefficient (Wildman–Crippen LogP) is 1.95. The Morgan fingerprint density at radius 3 is 2.94 bits per heavy atom. The molecule has 1 saturated heterocycles. The number of pyridine rings is 1. The smallest absolute Gasteiger partial charge is 0.149 e. The summed E-state index contributed by atoms with van der Waals surface area (Å²) in [5.74, 6) is 1.55. The fourth-order valence-electron chi connectivity index (χ4n) is 2.54. The van der Waals surface area contributed by atoms with Crippen LogP contribution in [0.2, 0.25) is 0 Å². The van der Waals surface area contributed by atoms with E-state index in [-0.39, 0.29) is 0 Å². The maximum absolute atomic E-state index is 5.97. The van der Waals surface area contributed by atoms with E-state index in [2.05, 4.69) is 10.3 Å². The van der Waals surface area contributed by atoms with Gasteiger partial charge in [-0.1, -0.05) is 0 Å². The lowest BCUT2D eigenvalue weighted by molar-refractivity contribution is 0.0898. The third-order valence-corrected chi connectivity index (χ3v) is 3.60. The molecular formula is C13H19N3O. The Labute approximate surface area is 102 Å². The molecule has 1 saturated carbocycles. The molecular weight excluding hydrogens is 214 g/mol. The number of ether oxygens (including phenoxy) is 1. The van der Waals surface area contributed by atoms with Crippen molar-refractivity contribution in [3.05, 3.63) is 17.8 Å². The monoisotopic (exact) mass is 233 g/mol. The fraction of sp³-hybridized carbons (Fsp3) is 0.615. The van der Waals surface area contributed by atoms with Crippen LogP contribution in [-0.2, 0) is 4.74 Å². The van der Waals surface area contributed by atoms with Gasteiger partial charge in [-0.3, -0.25) is 0 Å². The molecule has 17 heavy (non-hydrogen) atoms. The van der Waals surface area contributed by atoms with E-state index in [1.807, 2.05) is 19.2 Å². The third kappa shape index (κ3) is 2.22. The number of aromatic nitrogens is 1. The molecule has 1 aliphatic carbocycles. The predicted molar refractivity (Wildman–Crippen MR) is 67.9 cm³/mol. The van der Waals surface area contributed by atoms with Gasteiger partial charge < -0.3 is 15.8 Å². The SMILES string of the molecule is Cc1cnc(NC2CCOC2C2CC2)c(N)c1. The molecule has 0 amide bonds. The highest BCUT2D eigenvalue weighted by molar-refractivity contribution is 5.62. The van der Waals surface area contributed by atoms with Crippen molar-refractivity contribution in [2.75, 3.05) is 17.7 Å². The van der Waals surface area contributed by atoms with Crippen LogP contribution in [0.15, 0.2) is 12.3 Å². The highest BCUT2D eigenvalue weighted by Crippen LogP contribution is 2.39. The topological polar surface area (TPSA) is 60.2 Å². The van der Waals surface area contributed by atoms with E-state index >= 15 is 0 Å². The molecule has 2 atom stereocenters. The zero-order chi connectivity index (χ0) is 11.8. The van der Waals surface area contributed by atoms with Crippen molar-refractivity contribution < 1.29 is 4.74 Å². The van der Waals surface area contributed by atoms with Crippen molar-refractivity contribution in [2.24, 2.45) is 5.92 Å². The standard InChI is InChI=1S/C13H19N3O/c1-8-6-10(14)13(15-7-8)16-11-4-5-17-12(11)9-2-3-9/h6-7,9,11-12H,2-5,14H2,1H3,(H,15,16). The van der Waals surface area contributed by atoms with Gasteiger partial charge in [-0.25, -0.2) is 4.98 Å². The second-order valence-electron chi connectivity index (χ2n) is 5.16. The number of nitrogen functional groups attached to an aromatic ring is 1. The van der Waals surface area contributed by atoms with Gasteiger partial charge in [0.05, 0.1) is 17.8 Å². The van der Waals surface area contributed by atoms with E-state index in [1.54, 1.807) is 0 Å². The average molecular weight is 233 g/mol. The van der Waals surface area contributed by atoms with Gasteiger partial charge in [0.15, 0.2) is 0 Å². The molecule has 1 aromatic rings. The van der Waals surface area contributed by atoms with Gasteiger partial charge in [0, 0.05) is 12.8 Å². The molecule has 2 aliphatic rings. The van der Waals surface area contributed by atoms with Gasteiger partial charge in [-0.05, 0) is 43.7 Å². The Hall–Kier alpha value is -1.29. The van der Waals surface area contributed by atoms with Crippen LogP contribution in [-0.4, -0.2) is 23.7 Å². The molecule has 4 nitrogen and oxygen atoms in total. The molecule has 4 heteroatoms. The van der Waals surface area contributed by atoms with E-state index in [0.717, 1.165) is 36.0 Å². The number of anilines is 2. The maximum Gasteiger partial charge on any atom is 0.149 e. The second-order valence-corrected chi connectivity index (χ2v) is 5.16. The lowest BCUT2D eigenvalue weighted by atomic mass is 10.1. The van der Waals surface area contributed by atoms with Crippen molar-refractivity contribution in [1.82, 2.24) is 4.98 Å². The minimum absolute atomic E-state index is 0.359. The summed E-state index contributed by atoms with van der Waals surface area (Å²) in [6, 6.07) is 2.33. The van der Waals surface area contributed by atoms with E-state index in [0.29, 0.717) is 12.1 Å². The minimum atomic E-state index is 0.359. The van der Waals surface area contributed by atoms with Crippen molar-refractivity contribution in [2.45, 2.75) is 38.3 Å². The van der Waals surface area contributed by atoms with Crippen LogP contribution in [0, 0.1) is 12.8 Å². The molecule has 2 fully saturated rings. The summed E-state index contributed by atoms with van der Waals surface area (Å²) in [4.78, 5) is 4.36. The van der Waals surface area contributed by atoms with Gasteiger partial charge in [0.1, 0.15) is 5.82 Å². The van der Waals surface area contributed by atoms with Crippen LogP contribution in [0.5, 0.6) is 0 Å². The molecule has 0 radical (unpaired) electrons. The summed E-state index contributed by atoms with van der Waals surface area (Å²) in [5.41, 5.74) is 7.79. The van der Waals surface area contributed by atoms with Crippen molar-refractivity contribution in [3.63, 3.8) is 0 Å². The van der Waals surface area contributed by atoms with E-state index < -0.39 is 0 Å². The number of hydrogen-bond acceptors (Lipinski definition) is 4. The summed E-state index contributed by atoms with van der Waals surface area (Å²) in [7, 11) is 0. The van der Waals surface area contributed by atoms with Crippen LogP contribution >= 0.6 is 0 Å². The minimum Gasteiger partial charge on any atom is -0.396 e. The average Bonchev–Trinajstić information content (AvgIpc) is 3.03. The van der Waals surface area contributed by atoms with Gasteiger partial charge in [-0.15, -0.1) is 0 Å². The first-order valence-electron chi connectivity index (χ1n) is 6.34. The molecule has 2 unspecified atom stereocenters. The van der Waals surface area contributed by atoms with E-state index in [9.17, 15) is 0 Å². The first kappa shape index (κ1) is 10.8. The molecule has 0 aromatic carbocycles. The molecule has 1 aromatic heterocycles. The van der Waals surface area contributed by atoms with Crippen LogP contribution in [0.3, 0.4) is 0 Å². The van der Waals surface area contributed by atoms with Gasteiger partial charge in [0.2, 0.25) is 0 Å². The number of nitrogens with one attached hydrogen (secondary N) is 1. The molecule has 92 valence electrons. The zero-order valence-corrected chi connectivity index (χ0v) is 10.1. The summed E-state index contributed by atoms with van der Waals surface area (Å²) in [6.07, 6.45) is 5.87. The quantitative estimate of drug-likeness (QED) is 0.837. The molecule has 0 spiro atoms. The summed E-state index contributed by atoms with van der Waals surface area (Å²) in [5, 5.41) is 3.45. The first-order chi connectivity index (χ1) is 8.24. The molecule has 1 aliphatic heterocycles. The molecule has 3 rings (SSSR count). The number of nitrogens with zero attached hydrogens (tertiary/aromatic N) is 1. The third-order valence-electron chi connectivity index (χ3n) is 3.60. The van der Waals surface area contributed by atoms with Crippen molar-refractivity contribution in [3.8, 4) is 0 Å². The fourth-order valence-corrected chi connectivity index (χ4v) is 2.54.